The van der Waals surface area contributed by atoms with Crippen molar-refractivity contribution in [2.45, 2.75) is 0 Å². The van der Waals surface area contributed by atoms with Crippen molar-refractivity contribution in [2.75, 3.05) is 31.1 Å². The first-order valence-corrected chi connectivity index (χ1v) is 7.50. The van der Waals surface area contributed by atoms with Crippen LogP contribution in [-0.4, -0.2) is 50.2 Å². The van der Waals surface area contributed by atoms with Gasteiger partial charge in [-0.25, -0.2) is 12.8 Å². The van der Waals surface area contributed by atoms with Gasteiger partial charge in [0.25, 0.3) is 0 Å². The molecule has 0 spiro atoms. The lowest BCUT2D eigenvalue weighted by Crippen LogP contribution is -2.42. The Morgan fingerprint density at radius 2 is 1.72 bits per heavy atom. The van der Waals surface area contributed by atoms with Gasteiger partial charge in [0.2, 0.25) is 0 Å². The Bertz CT molecular complexity index is 525. The Morgan fingerprint density at radius 1 is 1.17 bits per heavy atom. The first kappa shape index (κ1) is 13.2. The summed E-state index contributed by atoms with van der Waals surface area (Å²) in [6.07, 6.45) is 0. The van der Waals surface area contributed by atoms with Crippen LogP contribution in [0.1, 0.15) is 10.4 Å². The summed E-state index contributed by atoms with van der Waals surface area (Å²) in [4.78, 5) is 13.7. The predicted octanol–water partition coefficient (Wildman–Crippen LogP) is 0.739. The molecule has 1 aromatic rings. The minimum atomic E-state index is -2.92. The summed E-state index contributed by atoms with van der Waals surface area (Å²) in [5, 5.41) is 0. The molecule has 18 heavy (non-hydrogen) atoms. The molecule has 0 bridgehead atoms. The van der Waals surface area contributed by atoms with Crippen LogP contribution in [-0.2, 0) is 9.84 Å². The van der Waals surface area contributed by atoms with Crippen LogP contribution in [0.2, 0.25) is 0 Å². The molecule has 6 heteroatoms. The van der Waals surface area contributed by atoms with E-state index < -0.39 is 9.84 Å². The molecule has 1 aliphatic rings. The molecule has 0 saturated carbocycles. The van der Waals surface area contributed by atoms with Crippen LogP contribution < -0.4 is 0 Å². The molecule has 98 valence electrons. The zero-order valence-corrected chi connectivity index (χ0v) is 10.6. The third-order valence-corrected chi connectivity index (χ3v) is 4.58. The normalized spacial score (nSPS) is 19.6. The van der Waals surface area contributed by atoms with E-state index in [1.807, 2.05) is 4.90 Å². The molecule has 0 unspecified atom stereocenters. The lowest BCUT2D eigenvalue weighted by atomic mass is 10.1. The quantitative estimate of drug-likeness (QED) is 0.761. The van der Waals surface area contributed by atoms with Gasteiger partial charge >= 0.3 is 0 Å². The van der Waals surface area contributed by atoms with Gasteiger partial charge in [0.15, 0.2) is 15.6 Å². The number of halogens is 1. The van der Waals surface area contributed by atoms with E-state index in [4.69, 9.17) is 0 Å². The molecular formula is C12H14FNO3S. The second kappa shape index (κ2) is 5.16. The number of Topliss-reactive ketones (excluding diaryl/α,β-unsaturated/α-hetero) is 1. The largest absolute Gasteiger partial charge is 0.294 e. The van der Waals surface area contributed by atoms with Gasteiger partial charge < -0.3 is 0 Å². The maximum atomic E-state index is 12.7. The monoisotopic (exact) mass is 271 g/mol. The summed E-state index contributed by atoms with van der Waals surface area (Å²) in [5.41, 5.74) is 0.449. The number of carbonyl (C=O) groups is 1. The van der Waals surface area contributed by atoms with Crippen molar-refractivity contribution in [1.82, 2.24) is 4.90 Å². The number of ketones is 1. The average Bonchev–Trinajstić information content (AvgIpc) is 2.33. The highest BCUT2D eigenvalue weighted by Crippen LogP contribution is 2.08. The van der Waals surface area contributed by atoms with E-state index in [1.54, 1.807) is 0 Å². The highest BCUT2D eigenvalue weighted by atomic mass is 32.2. The van der Waals surface area contributed by atoms with E-state index in [9.17, 15) is 17.6 Å². The van der Waals surface area contributed by atoms with E-state index in [1.165, 1.54) is 24.3 Å². The number of sulfone groups is 1. The molecule has 1 aromatic carbocycles. The highest BCUT2D eigenvalue weighted by Gasteiger charge is 2.23. The number of nitrogens with zero attached hydrogens (tertiary/aromatic N) is 1. The summed E-state index contributed by atoms with van der Waals surface area (Å²) in [5.74, 6) is -0.294. The highest BCUT2D eigenvalue weighted by molar-refractivity contribution is 7.91. The van der Waals surface area contributed by atoms with Gasteiger partial charge in [-0.15, -0.1) is 0 Å². The Hall–Kier alpha value is -1.27. The van der Waals surface area contributed by atoms with Crippen molar-refractivity contribution < 1.29 is 17.6 Å². The fourth-order valence-corrected chi connectivity index (χ4v) is 3.12. The molecule has 0 atom stereocenters. The summed E-state index contributed by atoms with van der Waals surface area (Å²) in [6.45, 7) is 0.950. The van der Waals surface area contributed by atoms with Crippen molar-refractivity contribution in [1.29, 1.82) is 0 Å². The predicted molar refractivity (Wildman–Crippen MR) is 65.8 cm³/mol. The van der Waals surface area contributed by atoms with Crippen molar-refractivity contribution >= 4 is 15.6 Å². The lowest BCUT2D eigenvalue weighted by molar-refractivity contribution is 0.0936. The van der Waals surface area contributed by atoms with Crippen LogP contribution in [0.4, 0.5) is 4.39 Å². The molecule has 0 radical (unpaired) electrons. The molecule has 1 saturated heterocycles. The summed E-state index contributed by atoms with van der Waals surface area (Å²) in [7, 11) is -2.92. The fourth-order valence-electron chi connectivity index (χ4n) is 1.84. The van der Waals surface area contributed by atoms with E-state index >= 15 is 0 Å². The molecule has 0 aromatic heterocycles. The summed E-state index contributed by atoms with van der Waals surface area (Å²) in [6, 6.07) is 5.37. The SMILES string of the molecule is O=C(CN1CCS(=O)(=O)CC1)c1ccc(F)cc1. The molecule has 1 aliphatic heterocycles. The Labute approximate surface area is 105 Å². The second-order valence-electron chi connectivity index (χ2n) is 4.36. The van der Waals surface area contributed by atoms with Crippen molar-refractivity contribution in [3.8, 4) is 0 Å². The minimum Gasteiger partial charge on any atom is -0.294 e. The van der Waals surface area contributed by atoms with Crippen LogP contribution in [0, 0.1) is 5.82 Å². The zero-order valence-electron chi connectivity index (χ0n) is 9.80. The van der Waals surface area contributed by atoms with E-state index in [2.05, 4.69) is 0 Å². The average molecular weight is 271 g/mol. The Morgan fingerprint density at radius 3 is 2.28 bits per heavy atom. The third-order valence-electron chi connectivity index (χ3n) is 2.97. The number of rotatable bonds is 3. The molecular weight excluding hydrogens is 257 g/mol. The summed E-state index contributed by atoms with van der Waals surface area (Å²) < 4.78 is 35.2. The first-order chi connectivity index (χ1) is 8.46. The third kappa shape index (κ3) is 3.36. The maximum Gasteiger partial charge on any atom is 0.176 e. The van der Waals surface area contributed by atoms with E-state index in [-0.39, 0.29) is 29.7 Å². The van der Waals surface area contributed by atoms with Crippen LogP contribution in [0.25, 0.3) is 0 Å². The van der Waals surface area contributed by atoms with Crippen molar-refractivity contribution in [3.63, 3.8) is 0 Å². The van der Waals surface area contributed by atoms with Crippen LogP contribution >= 0.6 is 0 Å². The van der Waals surface area contributed by atoms with E-state index in [0.717, 1.165) is 0 Å². The number of hydrogen-bond acceptors (Lipinski definition) is 4. The lowest BCUT2D eigenvalue weighted by Gasteiger charge is -2.25. The van der Waals surface area contributed by atoms with Gasteiger partial charge in [0, 0.05) is 18.7 Å². The van der Waals surface area contributed by atoms with Gasteiger partial charge in [-0.1, -0.05) is 0 Å². The Balaban J connectivity index is 1.94. The van der Waals surface area contributed by atoms with Crippen LogP contribution in [0.3, 0.4) is 0 Å². The number of benzene rings is 1. The van der Waals surface area contributed by atoms with Crippen LogP contribution in [0.15, 0.2) is 24.3 Å². The molecule has 1 fully saturated rings. The molecule has 0 N–H and O–H groups in total. The van der Waals surface area contributed by atoms with Gasteiger partial charge in [0.05, 0.1) is 18.1 Å². The topological polar surface area (TPSA) is 54.5 Å². The molecule has 0 amide bonds. The molecule has 1 heterocycles. The van der Waals surface area contributed by atoms with E-state index in [0.29, 0.717) is 18.7 Å². The fraction of sp³-hybridized carbons (Fsp3) is 0.417. The first-order valence-electron chi connectivity index (χ1n) is 5.68. The van der Waals surface area contributed by atoms with Crippen molar-refractivity contribution in [3.05, 3.63) is 35.6 Å². The molecule has 2 rings (SSSR count). The second-order valence-corrected chi connectivity index (χ2v) is 6.66. The zero-order chi connectivity index (χ0) is 13.2. The molecule has 0 aliphatic carbocycles. The van der Waals surface area contributed by atoms with Gasteiger partial charge in [-0.3, -0.25) is 9.69 Å². The number of hydrogen-bond donors (Lipinski definition) is 0. The van der Waals surface area contributed by atoms with Gasteiger partial charge in [-0.05, 0) is 24.3 Å². The number of carbonyl (C=O) groups excluding carboxylic acids is 1. The Kier molecular flexibility index (Phi) is 3.77. The van der Waals surface area contributed by atoms with Crippen LogP contribution in [0.5, 0.6) is 0 Å². The summed E-state index contributed by atoms with van der Waals surface area (Å²) >= 11 is 0. The standard InChI is InChI=1S/C12H14FNO3S/c13-11-3-1-10(2-4-11)12(15)9-14-5-7-18(16,17)8-6-14/h1-4H,5-9H2. The van der Waals surface area contributed by atoms with Crippen molar-refractivity contribution in [2.24, 2.45) is 0 Å². The maximum absolute atomic E-state index is 12.7. The van der Waals surface area contributed by atoms with Gasteiger partial charge in [-0.2, -0.15) is 0 Å². The molecule has 4 nitrogen and oxygen atoms in total. The smallest absolute Gasteiger partial charge is 0.176 e. The van der Waals surface area contributed by atoms with Gasteiger partial charge in [0.1, 0.15) is 5.82 Å². The minimum absolute atomic E-state index is 0.101.